The van der Waals surface area contributed by atoms with Gasteiger partial charge in [-0.15, -0.1) is 0 Å². The van der Waals surface area contributed by atoms with Crippen LogP contribution in [0.4, 0.5) is 0 Å². The normalized spacial score (nSPS) is 28.4. The zero-order valence-corrected chi connectivity index (χ0v) is 12.1. The third-order valence-electron chi connectivity index (χ3n) is 4.09. The summed E-state index contributed by atoms with van der Waals surface area (Å²) in [6, 6.07) is 9.72. The SMILES string of the molecule is CC1CCCCC1[N+]1=Cc2ccccc2[Se]C1. The molecule has 0 radical (unpaired) electrons. The first-order valence-electron chi connectivity index (χ1n) is 6.67. The van der Waals surface area contributed by atoms with E-state index in [0.29, 0.717) is 15.0 Å². The van der Waals surface area contributed by atoms with Crippen LogP contribution in [0, 0.1) is 5.92 Å². The van der Waals surface area contributed by atoms with Crippen LogP contribution in [-0.4, -0.2) is 37.2 Å². The van der Waals surface area contributed by atoms with Crippen molar-refractivity contribution in [3.05, 3.63) is 29.8 Å². The first-order valence-corrected chi connectivity index (χ1v) is 8.74. The molecule has 0 aromatic heterocycles. The van der Waals surface area contributed by atoms with E-state index in [1.807, 2.05) is 0 Å². The van der Waals surface area contributed by atoms with Crippen LogP contribution in [-0.2, 0) is 0 Å². The van der Waals surface area contributed by atoms with Crippen molar-refractivity contribution < 1.29 is 4.58 Å². The fraction of sp³-hybridized carbons (Fsp3) is 0.533. The van der Waals surface area contributed by atoms with Crippen LogP contribution in [0.1, 0.15) is 38.2 Å². The molecule has 0 amide bonds. The molecule has 1 nitrogen and oxygen atoms in total. The third-order valence-corrected chi connectivity index (χ3v) is 6.41. The van der Waals surface area contributed by atoms with Gasteiger partial charge in [-0.3, -0.25) is 0 Å². The predicted octanol–water partition coefficient (Wildman–Crippen LogP) is 2.00. The Labute approximate surface area is 110 Å². The van der Waals surface area contributed by atoms with Gasteiger partial charge in [0.25, 0.3) is 0 Å². The van der Waals surface area contributed by atoms with Crippen molar-refractivity contribution in [1.82, 2.24) is 0 Å². The van der Waals surface area contributed by atoms with Gasteiger partial charge < -0.3 is 0 Å². The number of hydrogen-bond donors (Lipinski definition) is 0. The second-order valence-electron chi connectivity index (χ2n) is 5.28. The van der Waals surface area contributed by atoms with E-state index >= 15 is 0 Å². The molecule has 1 fully saturated rings. The van der Waals surface area contributed by atoms with Crippen molar-refractivity contribution >= 4 is 25.6 Å². The van der Waals surface area contributed by atoms with Gasteiger partial charge in [-0.2, -0.15) is 0 Å². The van der Waals surface area contributed by atoms with Crippen molar-refractivity contribution in [2.45, 2.75) is 38.6 Å². The molecular weight excluding hydrogens is 273 g/mol. The fourth-order valence-corrected chi connectivity index (χ4v) is 5.19. The first kappa shape index (κ1) is 11.5. The molecule has 2 unspecified atom stereocenters. The average molecular weight is 293 g/mol. The Morgan fingerprint density at radius 2 is 2.00 bits per heavy atom. The molecule has 1 saturated carbocycles. The van der Waals surface area contributed by atoms with Crippen LogP contribution in [0.5, 0.6) is 0 Å². The predicted molar refractivity (Wildman–Crippen MR) is 73.5 cm³/mol. The monoisotopic (exact) mass is 294 g/mol. The summed E-state index contributed by atoms with van der Waals surface area (Å²) in [4.78, 5) is 0. The Morgan fingerprint density at radius 1 is 1.18 bits per heavy atom. The fourth-order valence-electron chi connectivity index (χ4n) is 3.06. The molecule has 0 spiro atoms. The second-order valence-corrected chi connectivity index (χ2v) is 7.35. The van der Waals surface area contributed by atoms with Crippen molar-refractivity contribution in [3.63, 3.8) is 0 Å². The molecular formula is C15H20NSe+. The number of benzene rings is 1. The van der Waals surface area contributed by atoms with Crippen LogP contribution in [0.15, 0.2) is 24.3 Å². The molecule has 3 rings (SSSR count). The molecule has 17 heavy (non-hydrogen) atoms. The summed E-state index contributed by atoms with van der Waals surface area (Å²) in [7, 11) is 0. The molecule has 90 valence electrons. The summed E-state index contributed by atoms with van der Waals surface area (Å²) in [5, 5.41) is 0. The number of fused-ring (bicyclic) bond motifs is 1. The van der Waals surface area contributed by atoms with Gasteiger partial charge in [-0.25, -0.2) is 0 Å². The molecule has 1 aliphatic heterocycles. The Morgan fingerprint density at radius 3 is 2.88 bits per heavy atom. The number of nitrogens with zero attached hydrogens (tertiary/aromatic N) is 1. The van der Waals surface area contributed by atoms with Gasteiger partial charge >= 0.3 is 110 Å². The van der Waals surface area contributed by atoms with Crippen molar-refractivity contribution in [1.29, 1.82) is 0 Å². The zero-order chi connectivity index (χ0) is 11.7. The van der Waals surface area contributed by atoms with Gasteiger partial charge in [0.2, 0.25) is 0 Å². The van der Waals surface area contributed by atoms with E-state index in [1.54, 1.807) is 4.46 Å². The van der Waals surface area contributed by atoms with Crippen LogP contribution >= 0.6 is 0 Å². The van der Waals surface area contributed by atoms with E-state index in [1.165, 1.54) is 36.7 Å². The number of rotatable bonds is 1. The van der Waals surface area contributed by atoms with Gasteiger partial charge in [0, 0.05) is 0 Å². The third kappa shape index (κ3) is 2.34. The van der Waals surface area contributed by atoms with E-state index in [2.05, 4.69) is 42.0 Å². The summed E-state index contributed by atoms with van der Waals surface area (Å²) in [5.41, 5.74) is 2.75. The summed E-state index contributed by atoms with van der Waals surface area (Å²) in [5.74, 6) is 0.876. The van der Waals surface area contributed by atoms with Crippen molar-refractivity contribution in [3.8, 4) is 0 Å². The maximum absolute atomic E-state index is 2.64. The Kier molecular flexibility index (Phi) is 3.35. The van der Waals surface area contributed by atoms with E-state index in [0.717, 1.165) is 12.0 Å². The molecule has 2 aliphatic rings. The molecule has 2 heteroatoms. The van der Waals surface area contributed by atoms with E-state index in [9.17, 15) is 0 Å². The summed E-state index contributed by atoms with van der Waals surface area (Å²) in [6.45, 7) is 2.44. The minimum absolute atomic E-state index is 0.641. The summed E-state index contributed by atoms with van der Waals surface area (Å²) in [6.07, 6.45) is 8.11. The van der Waals surface area contributed by atoms with Gasteiger partial charge in [-0.1, -0.05) is 0 Å². The Bertz CT molecular complexity index is 438. The molecule has 1 aliphatic carbocycles. The molecule has 0 saturated heterocycles. The van der Waals surface area contributed by atoms with Gasteiger partial charge in [-0.05, 0) is 0 Å². The first-order chi connectivity index (χ1) is 8.34. The Balaban J connectivity index is 1.88. The minimum atomic E-state index is 0.641. The standard InChI is InChI=1S/C15H20NSe/c1-12-6-2-4-8-14(12)16-10-13-7-3-5-9-15(13)17-11-16/h3,5,7,9-10,12,14H,2,4,6,8,11H2,1H3/q+1. The van der Waals surface area contributed by atoms with Crippen LogP contribution in [0.25, 0.3) is 0 Å². The molecule has 1 heterocycles. The molecule has 1 aromatic rings. The van der Waals surface area contributed by atoms with Crippen LogP contribution < -0.4 is 4.46 Å². The van der Waals surface area contributed by atoms with Crippen molar-refractivity contribution in [2.75, 3.05) is 5.44 Å². The topological polar surface area (TPSA) is 3.01 Å². The van der Waals surface area contributed by atoms with E-state index in [4.69, 9.17) is 0 Å². The van der Waals surface area contributed by atoms with E-state index < -0.39 is 0 Å². The summed E-state index contributed by atoms with van der Waals surface area (Å²) >= 11 is 0.641. The number of hydrogen-bond acceptors (Lipinski definition) is 0. The van der Waals surface area contributed by atoms with Gasteiger partial charge in [0.15, 0.2) is 0 Å². The van der Waals surface area contributed by atoms with E-state index in [-0.39, 0.29) is 0 Å². The quantitative estimate of drug-likeness (QED) is 0.550. The summed E-state index contributed by atoms with van der Waals surface area (Å²) < 4.78 is 4.23. The van der Waals surface area contributed by atoms with Crippen molar-refractivity contribution in [2.24, 2.45) is 5.92 Å². The zero-order valence-electron chi connectivity index (χ0n) is 10.4. The molecule has 0 N–H and O–H groups in total. The second kappa shape index (κ2) is 4.96. The van der Waals surface area contributed by atoms with Gasteiger partial charge in [0.05, 0.1) is 0 Å². The molecule has 1 aromatic carbocycles. The Hall–Kier alpha value is -0.591. The van der Waals surface area contributed by atoms with Crippen LogP contribution in [0.2, 0.25) is 0 Å². The maximum atomic E-state index is 2.64. The molecule has 2 atom stereocenters. The van der Waals surface area contributed by atoms with Crippen LogP contribution in [0.3, 0.4) is 0 Å². The molecule has 0 bridgehead atoms. The van der Waals surface area contributed by atoms with Gasteiger partial charge in [0.1, 0.15) is 0 Å². The average Bonchev–Trinajstić information content (AvgIpc) is 2.39.